The Morgan fingerprint density at radius 2 is 2.00 bits per heavy atom. The second-order valence-corrected chi connectivity index (χ2v) is 10.8. The third-order valence-electron chi connectivity index (χ3n) is 6.47. The predicted molar refractivity (Wildman–Crippen MR) is 115 cm³/mol. The van der Waals surface area contributed by atoms with Crippen LogP contribution in [0.25, 0.3) is 0 Å². The molecule has 2 heterocycles. The molecule has 5 rings (SSSR count). The molecule has 0 fully saturated rings. The minimum Gasteiger partial charge on any atom is -0.476 e. The Morgan fingerprint density at radius 3 is 2.65 bits per heavy atom. The summed E-state index contributed by atoms with van der Waals surface area (Å²) in [4.78, 5) is 12.9. The van der Waals surface area contributed by atoms with E-state index in [0.717, 1.165) is 44.2 Å². The van der Waals surface area contributed by atoms with Crippen LogP contribution in [-0.4, -0.2) is 38.3 Å². The van der Waals surface area contributed by atoms with Crippen molar-refractivity contribution in [1.29, 1.82) is 0 Å². The maximum atomic E-state index is 13.2. The SMILES string of the molecule is C[C@@]1(CO)COc2c([S@](N)(=O)=NC(=O)Nc3c4c(cc5c3CCC5)CCC4)cnn2C1. The van der Waals surface area contributed by atoms with Crippen LogP contribution in [0.3, 0.4) is 0 Å². The molecule has 166 valence electrons. The van der Waals surface area contributed by atoms with Crippen LogP contribution >= 0.6 is 0 Å². The highest BCUT2D eigenvalue weighted by Gasteiger charge is 2.35. The number of rotatable bonds is 3. The third kappa shape index (κ3) is 3.52. The Bertz CT molecular complexity index is 1160. The van der Waals surface area contributed by atoms with E-state index in [4.69, 9.17) is 9.88 Å². The summed E-state index contributed by atoms with van der Waals surface area (Å²) in [7, 11) is -3.56. The van der Waals surface area contributed by atoms with Crippen molar-refractivity contribution in [2.45, 2.75) is 56.9 Å². The summed E-state index contributed by atoms with van der Waals surface area (Å²) < 4.78 is 24.2. The molecular weight excluding hydrogens is 418 g/mol. The molecule has 10 heteroatoms. The van der Waals surface area contributed by atoms with Gasteiger partial charge in [0.15, 0.2) is 9.92 Å². The lowest BCUT2D eigenvalue weighted by molar-refractivity contribution is 0.0287. The van der Waals surface area contributed by atoms with Crippen LogP contribution in [-0.2, 0) is 42.1 Å². The van der Waals surface area contributed by atoms with Gasteiger partial charge in [-0.15, -0.1) is 4.36 Å². The van der Waals surface area contributed by atoms with Crippen molar-refractivity contribution >= 4 is 21.6 Å². The molecule has 2 amide bonds. The van der Waals surface area contributed by atoms with Crippen LogP contribution in [0.2, 0.25) is 0 Å². The molecule has 4 N–H and O–H groups in total. The zero-order valence-corrected chi connectivity index (χ0v) is 18.3. The van der Waals surface area contributed by atoms with Crippen molar-refractivity contribution in [2.75, 3.05) is 18.5 Å². The summed E-state index contributed by atoms with van der Waals surface area (Å²) in [5, 5.41) is 22.6. The zero-order valence-electron chi connectivity index (χ0n) is 17.5. The van der Waals surface area contributed by atoms with Crippen LogP contribution < -0.4 is 15.2 Å². The number of amides is 2. The molecule has 0 radical (unpaired) electrons. The maximum absolute atomic E-state index is 13.2. The van der Waals surface area contributed by atoms with Gasteiger partial charge in [-0.1, -0.05) is 13.0 Å². The van der Waals surface area contributed by atoms with Gasteiger partial charge in [-0.05, 0) is 60.8 Å². The highest BCUT2D eigenvalue weighted by molar-refractivity contribution is 7.91. The van der Waals surface area contributed by atoms with Crippen LogP contribution in [0, 0.1) is 5.41 Å². The van der Waals surface area contributed by atoms with Crippen molar-refractivity contribution in [3.05, 3.63) is 34.5 Å². The zero-order chi connectivity index (χ0) is 21.8. The molecular formula is C21H27N5O4S. The molecule has 0 unspecified atom stereocenters. The van der Waals surface area contributed by atoms with Crippen LogP contribution in [0.5, 0.6) is 5.88 Å². The topological polar surface area (TPSA) is 132 Å². The molecule has 2 aliphatic carbocycles. The molecule has 1 aromatic heterocycles. The highest BCUT2D eigenvalue weighted by atomic mass is 32.2. The second kappa shape index (κ2) is 7.32. The fourth-order valence-electron chi connectivity index (χ4n) is 4.83. The summed E-state index contributed by atoms with van der Waals surface area (Å²) in [5.41, 5.74) is 5.25. The van der Waals surface area contributed by atoms with Gasteiger partial charge in [-0.3, -0.25) is 0 Å². The van der Waals surface area contributed by atoms with Crippen LogP contribution in [0.15, 0.2) is 21.5 Å². The van der Waals surface area contributed by atoms with Crippen molar-refractivity contribution in [2.24, 2.45) is 14.9 Å². The standard InChI is InChI=1S/C21H27N5O4S/c1-21(11-27)10-26-19(30-12-21)17(9-23-26)31(22,29)25-20(28)24-18-15-6-2-4-13(15)8-14-5-3-7-16(14)18/h8-9,27H,2-7,10-12H2,1H3,(H3,22,24,25,28,29)/t21-,31-/m1/s1. The Morgan fingerprint density at radius 1 is 1.32 bits per heavy atom. The molecule has 1 aromatic carbocycles. The van der Waals surface area contributed by atoms with Gasteiger partial charge in [-0.2, -0.15) is 5.10 Å². The molecule has 31 heavy (non-hydrogen) atoms. The number of urea groups is 1. The molecule has 2 aromatic rings. The molecule has 0 spiro atoms. The van der Waals surface area contributed by atoms with E-state index in [-0.39, 0.29) is 24.0 Å². The highest BCUT2D eigenvalue weighted by Crippen LogP contribution is 2.39. The minimum absolute atomic E-state index is 0.0713. The van der Waals surface area contributed by atoms with Crippen molar-refractivity contribution in [3.8, 4) is 5.88 Å². The number of aromatic nitrogens is 2. The molecule has 1 aliphatic heterocycles. The lowest BCUT2D eigenvalue weighted by atomic mass is 9.92. The number of nitrogens with one attached hydrogen (secondary N) is 1. The first-order chi connectivity index (χ1) is 14.8. The van der Waals surface area contributed by atoms with Gasteiger partial charge in [0.2, 0.25) is 5.88 Å². The fourth-order valence-corrected chi connectivity index (χ4v) is 5.83. The number of anilines is 1. The Kier molecular flexibility index (Phi) is 4.83. The average Bonchev–Trinajstić information content (AvgIpc) is 3.46. The first-order valence-electron chi connectivity index (χ1n) is 10.6. The van der Waals surface area contributed by atoms with E-state index in [1.807, 2.05) is 6.92 Å². The fraction of sp³-hybridized carbons (Fsp3) is 0.524. The average molecular weight is 446 g/mol. The molecule has 9 nitrogen and oxygen atoms in total. The number of nitrogens with zero attached hydrogens (tertiary/aromatic N) is 3. The smallest absolute Gasteiger partial charge is 0.354 e. The van der Waals surface area contributed by atoms with Gasteiger partial charge in [0.1, 0.15) is 4.90 Å². The van der Waals surface area contributed by atoms with Crippen LogP contribution in [0.1, 0.15) is 42.0 Å². The normalized spacial score (nSPS) is 23.3. The Labute approximate surface area is 181 Å². The van der Waals surface area contributed by atoms with Gasteiger partial charge in [0, 0.05) is 11.1 Å². The van der Waals surface area contributed by atoms with E-state index in [1.165, 1.54) is 33.1 Å². The van der Waals surface area contributed by atoms with E-state index >= 15 is 0 Å². The number of aliphatic hydroxyl groups excluding tert-OH is 1. The number of nitrogens with two attached hydrogens (primary N) is 1. The summed E-state index contributed by atoms with van der Waals surface area (Å²) in [6.07, 6.45) is 7.34. The van der Waals surface area contributed by atoms with E-state index in [2.05, 4.69) is 20.8 Å². The van der Waals surface area contributed by atoms with Crippen molar-refractivity contribution in [1.82, 2.24) is 9.78 Å². The van der Waals surface area contributed by atoms with E-state index in [1.54, 1.807) is 0 Å². The number of carbonyl (C=O) groups is 1. The predicted octanol–water partition coefficient (Wildman–Crippen LogP) is 2.18. The largest absolute Gasteiger partial charge is 0.476 e. The number of hydrogen-bond acceptors (Lipinski definition) is 5. The Hall–Kier alpha value is -2.43. The lowest BCUT2D eigenvalue weighted by Crippen LogP contribution is -2.38. The first-order valence-corrected chi connectivity index (χ1v) is 12.2. The van der Waals surface area contributed by atoms with E-state index in [0.29, 0.717) is 6.54 Å². The number of benzene rings is 1. The van der Waals surface area contributed by atoms with Crippen LogP contribution in [0.4, 0.5) is 10.5 Å². The summed E-state index contributed by atoms with van der Waals surface area (Å²) in [6.45, 7) is 2.42. The lowest BCUT2D eigenvalue weighted by Gasteiger charge is -2.32. The molecule has 0 saturated carbocycles. The monoisotopic (exact) mass is 445 g/mol. The van der Waals surface area contributed by atoms with Gasteiger partial charge in [0.05, 0.1) is 26.0 Å². The van der Waals surface area contributed by atoms with Gasteiger partial charge < -0.3 is 15.2 Å². The molecule has 3 aliphatic rings. The summed E-state index contributed by atoms with van der Waals surface area (Å²) in [6, 6.07) is 1.55. The number of ether oxygens (including phenoxy) is 1. The number of aryl methyl sites for hydroxylation is 2. The number of hydrogen-bond donors (Lipinski definition) is 3. The quantitative estimate of drug-likeness (QED) is 0.666. The number of aliphatic hydroxyl groups is 1. The summed E-state index contributed by atoms with van der Waals surface area (Å²) in [5.74, 6) is 0.233. The number of fused-ring (bicyclic) bond motifs is 3. The second-order valence-electron chi connectivity index (χ2n) is 9.05. The first kappa shape index (κ1) is 20.5. The van der Waals surface area contributed by atoms with E-state index < -0.39 is 21.4 Å². The van der Waals surface area contributed by atoms with Gasteiger partial charge >= 0.3 is 6.03 Å². The third-order valence-corrected chi connectivity index (χ3v) is 7.82. The van der Waals surface area contributed by atoms with Gasteiger partial charge in [0.25, 0.3) is 0 Å². The van der Waals surface area contributed by atoms with Crippen molar-refractivity contribution in [3.63, 3.8) is 0 Å². The molecule has 2 atom stereocenters. The number of carbonyl (C=O) groups excluding carboxylic acids is 1. The maximum Gasteiger partial charge on any atom is 0.354 e. The van der Waals surface area contributed by atoms with Gasteiger partial charge in [-0.25, -0.2) is 18.8 Å². The minimum atomic E-state index is -3.56. The van der Waals surface area contributed by atoms with Crippen molar-refractivity contribution < 1.29 is 18.8 Å². The van der Waals surface area contributed by atoms with E-state index in [9.17, 15) is 14.1 Å². The molecule has 0 bridgehead atoms. The summed E-state index contributed by atoms with van der Waals surface area (Å²) >= 11 is 0. The molecule has 0 saturated heterocycles. The Balaban J connectivity index is 1.45.